The molecule has 31 heavy (non-hydrogen) atoms. The van der Waals surface area contributed by atoms with Gasteiger partial charge in [0.15, 0.2) is 14.9 Å². The van der Waals surface area contributed by atoms with Crippen molar-refractivity contribution in [3.63, 3.8) is 0 Å². The number of hydrogen-bond donors (Lipinski definition) is 1. The lowest BCUT2D eigenvalue weighted by atomic mass is 10.1. The van der Waals surface area contributed by atoms with E-state index in [2.05, 4.69) is 19.7 Å². The summed E-state index contributed by atoms with van der Waals surface area (Å²) in [6.07, 6.45) is -3.89. The molecule has 0 saturated carbocycles. The molecule has 0 aliphatic rings. The quantitative estimate of drug-likeness (QED) is 0.584. The zero-order chi connectivity index (χ0) is 22.9. The molecular weight excluding hydrogens is 459 g/mol. The van der Waals surface area contributed by atoms with Gasteiger partial charge in [0.2, 0.25) is 0 Å². The molecule has 1 aromatic heterocycles. The van der Waals surface area contributed by atoms with Crippen LogP contribution in [-0.4, -0.2) is 39.7 Å². The number of aromatic nitrogens is 2. The van der Waals surface area contributed by atoms with Gasteiger partial charge in [-0.25, -0.2) is 16.8 Å². The molecule has 3 aromatic rings. The minimum Gasteiger partial charge on any atom is -0.406 e. The summed E-state index contributed by atoms with van der Waals surface area (Å²) in [4.78, 5) is -0.273. The first-order valence-electron chi connectivity index (χ1n) is 8.36. The third-order valence-electron chi connectivity index (χ3n) is 3.80. The number of nitrogens with one attached hydrogen (secondary N) is 1. The fraction of sp³-hybridized carbons (Fsp3) is 0.111. The van der Waals surface area contributed by atoms with Gasteiger partial charge in [-0.15, -0.1) is 23.4 Å². The van der Waals surface area contributed by atoms with Crippen molar-refractivity contribution in [3.8, 4) is 17.0 Å². The Morgan fingerprint density at radius 1 is 0.903 bits per heavy atom. The zero-order valence-corrected chi connectivity index (χ0v) is 17.3. The molecule has 3 rings (SSSR count). The number of ether oxygens (including phenoxy) is 1. The van der Waals surface area contributed by atoms with Gasteiger partial charge in [0.1, 0.15) is 5.75 Å². The summed E-state index contributed by atoms with van der Waals surface area (Å²) in [7, 11) is -7.62. The Morgan fingerprint density at radius 2 is 1.58 bits per heavy atom. The van der Waals surface area contributed by atoms with Gasteiger partial charge in [-0.05, 0) is 48.5 Å². The molecular formula is C18H14F3N3O5S2. The first-order valence-corrected chi connectivity index (χ1v) is 11.7. The van der Waals surface area contributed by atoms with E-state index in [1.165, 1.54) is 24.3 Å². The molecule has 1 N–H and O–H groups in total. The second-order valence-corrected chi connectivity index (χ2v) is 9.88. The number of rotatable bonds is 6. The van der Waals surface area contributed by atoms with E-state index in [0.29, 0.717) is 11.3 Å². The predicted octanol–water partition coefficient (Wildman–Crippen LogP) is 3.25. The summed E-state index contributed by atoms with van der Waals surface area (Å²) in [5, 5.41) is 7.28. The summed E-state index contributed by atoms with van der Waals surface area (Å²) < 4.78 is 90.7. The van der Waals surface area contributed by atoms with E-state index < -0.39 is 32.0 Å². The number of hydrogen-bond acceptors (Lipinski definition) is 7. The van der Waals surface area contributed by atoms with Crippen LogP contribution in [0.3, 0.4) is 0 Å². The van der Waals surface area contributed by atoms with Crippen LogP contribution in [0.2, 0.25) is 0 Å². The van der Waals surface area contributed by atoms with Crippen LogP contribution in [0.5, 0.6) is 5.75 Å². The third kappa shape index (κ3) is 5.92. The lowest BCUT2D eigenvalue weighted by molar-refractivity contribution is -0.274. The summed E-state index contributed by atoms with van der Waals surface area (Å²) >= 11 is 0. The van der Waals surface area contributed by atoms with E-state index in [9.17, 15) is 30.0 Å². The number of nitrogens with zero attached hydrogens (tertiary/aromatic N) is 2. The highest BCUT2D eigenvalue weighted by Gasteiger charge is 2.31. The first kappa shape index (κ1) is 22.5. The minimum atomic E-state index is -4.89. The molecule has 0 spiro atoms. The van der Waals surface area contributed by atoms with Gasteiger partial charge in [-0.1, -0.05) is 12.1 Å². The van der Waals surface area contributed by atoms with Gasteiger partial charge < -0.3 is 4.74 Å². The summed E-state index contributed by atoms with van der Waals surface area (Å²) in [5.74, 6) is -0.551. The molecule has 8 nitrogen and oxygen atoms in total. The van der Waals surface area contributed by atoms with Gasteiger partial charge in [-0.3, -0.25) is 4.72 Å². The van der Waals surface area contributed by atoms with Crippen LogP contribution in [0.25, 0.3) is 11.3 Å². The molecule has 0 aliphatic heterocycles. The molecule has 164 valence electrons. The fourth-order valence-electron chi connectivity index (χ4n) is 2.45. The Morgan fingerprint density at radius 3 is 2.13 bits per heavy atom. The van der Waals surface area contributed by atoms with E-state index in [0.717, 1.165) is 30.5 Å². The molecule has 0 radical (unpaired) electrons. The van der Waals surface area contributed by atoms with Crippen molar-refractivity contribution in [2.45, 2.75) is 16.3 Å². The van der Waals surface area contributed by atoms with E-state index in [-0.39, 0.29) is 15.6 Å². The van der Waals surface area contributed by atoms with Gasteiger partial charge in [-0.2, -0.15) is 0 Å². The molecule has 0 aliphatic carbocycles. The van der Waals surface area contributed by atoms with Gasteiger partial charge in [0, 0.05) is 17.5 Å². The monoisotopic (exact) mass is 473 g/mol. The number of anilines is 1. The molecule has 2 aromatic carbocycles. The Hall–Kier alpha value is -3.19. The average Bonchev–Trinajstić information content (AvgIpc) is 2.66. The number of benzene rings is 2. The van der Waals surface area contributed by atoms with Crippen LogP contribution < -0.4 is 9.46 Å². The predicted molar refractivity (Wildman–Crippen MR) is 105 cm³/mol. The third-order valence-corrected chi connectivity index (χ3v) is 6.17. The maximum atomic E-state index is 12.5. The second-order valence-electron chi connectivity index (χ2n) is 6.23. The highest BCUT2D eigenvalue weighted by Crippen LogP contribution is 2.26. The number of sulfone groups is 1. The van der Waals surface area contributed by atoms with Crippen molar-refractivity contribution in [2.75, 3.05) is 11.0 Å². The SMILES string of the molecule is CS(=O)(=O)c1ccc(-c2cccc(NS(=O)(=O)c3ccc(OC(F)(F)F)cc3)c2)nn1. The van der Waals surface area contributed by atoms with E-state index in [1.807, 2.05) is 0 Å². The van der Waals surface area contributed by atoms with Crippen molar-refractivity contribution >= 4 is 25.5 Å². The van der Waals surface area contributed by atoms with Crippen molar-refractivity contribution in [2.24, 2.45) is 0 Å². The topological polar surface area (TPSA) is 115 Å². The number of halogens is 3. The molecule has 0 amide bonds. The van der Waals surface area contributed by atoms with Crippen LogP contribution in [0.4, 0.5) is 18.9 Å². The maximum absolute atomic E-state index is 12.5. The van der Waals surface area contributed by atoms with Gasteiger partial charge >= 0.3 is 6.36 Å². The second kappa shape index (κ2) is 8.15. The fourth-order valence-corrected chi connectivity index (χ4v) is 4.00. The molecule has 0 atom stereocenters. The van der Waals surface area contributed by atoms with Crippen LogP contribution >= 0.6 is 0 Å². The highest BCUT2D eigenvalue weighted by molar-refractivity contribution is 7.92. The Kier molecular flexibility index (Phi) is 5.91. The van der Waals surface area contributed by atoms with Crippen molar-refractivity contribution in [1.82, 2.24) is 10.2 Å². The van der Waals surface area contributed by atoms with Gasteiger partial charge in [0.05, 0.1) is 10.6 Å². The van der Waals surface area contributed by atoms with Crippen LogP contribution in [0, 0.1) is 0 Å². The number of sulfonamides is 1. The lowest BCUT2D eigenvalue weighted by Crippen LogP contribution is -2.17. The molecule has 0 bridgehead atoms. The summed E-state index contributed by atoms with van der Waals surface area (Å²) in [6.45, 7) is 0. The molecule has 0 fully saturated rings. The zero-order valence-electron chi connectivity index (χ0n) is 15.7. The normalized spacial score (nSPS) is 12.4. The van der Waals surface area contributed by atoms with Crippen molar-refractivity contribution in [1.29, 1.82) is 0 Å². The average molecular weight is 473 g/mol. The first-order chi connectivity index (χ1) is 14.3. The van der Waals surface area contributed by atoms with Crippen LogP contribution in [-0.2, 0) is 19.9 Å². The summed E-state index contributed by atoms with van der Waals surface area (Å²) in [5.41, 5.74) is 0.922. The van der Waals surface area contributed by atoms with E-state index in [4.69, 9.17) is 0 Å². The van der Waals surface area contributed by atoms with E-state index in [1.54, 1.807) is 12.1 Å². The minimum absolute atomic E-state index is 0.155. The largest absolute Gasteiger partial charge is 0.573 e. The molecule has 0 saturated heterocycles. The Labute approximate surface area is 175 Å². The van der Waals surface area contributed by atoms with Crippen molar-refractivity contribution < 1.29 is 34.7 Å². The molecule has 13 heteroatoms. The van der Waals surface area contributed by atoms with Crippen LogP contribution in [0.1, 0.15) is 0 Å². The standard InChI is InChI=1S/C18H14F3N3O5S2/c1-30(25,26)17-10-9-16(22-23-17)12-3-2-4-13(11-12)24-31(27,28)15-7-5-14(6-8-15)29-18(19,20)21/h2-11,24H,1H3. The maximum Gasteiger partial charge on any atom is 0.573 e. The lowest BCUT2D eigenvalue weighted by Gasteiger charge is -2.11. The van der Waals surface area contributed by atoms with Crippen LogP contribution in [0.15, 0.2) is 70.6 Å². The number of alkyl halides is 3. The Balaban J connectivity index is 1.81. The van der Waals surface area contributed by atoms with E-state index >= 15 is 0 Å². The molecule has 0 unspecified atom stereocenters. The highest BCUT2D eigenvalue weighted by atomic mass is 32.2. The molecule has 1 heterocycles. The smallest absolute Gasteiger partial charge is 0.406 e. The Bertz CT molecular complexity index is 1290. The van der Waals surface area contributed by atoms with Gasteiger partial charge in [0.25, 0.3) is 10.0 Å². The van der Waals surface area contributed by atoms with Crippen molar-refractivity contribution in [3.05, 3.63) is 60.7 Å². The summed E-state index contributed by atoms with van der Waals surface area (Å²) in [6, 6.07) is 12.5.